The number of amides is 1. The number of anilines is 2. The van der Waals surface area contributed by atoms with E-state index in [1.165, 1.54) is 4.90 Å². The Morgan fingerprint density at radius 1 is 1.06 bits per heavy atom. The number of aromatic nitrogens is 2. The van der Waals surface area contributed by atoms with E-state index in [-0.39, 0.29) is 0 Å². The van der Waals surface area contributed by atoms with Gasteiger partial charge in [0.15, 0.2) is 0 Å². The largest absolute Gasteiger partial charge is 0.289 e. The predicted octanol–water partition coefficient (Wildman–Crippen LogP) is 2.66. The van der Waals surface area contributed by atoms with Crippen LogP contribution in [0.1, 0.15) is 0 Å². The number of hydrogen-bond acceptors (Lipinski definition) is 3. The molecule has 1 heterocycles. The lowest BCUT2D eigenvalue weighted by atomic mass is 10.3. The van der Waals surface area contributed by atoms with E-state index in [2.05, 4.69) is 22.6 Å². The number of rotatable bonds is 2. The number of nitrogens with zero attached hydrogens (tertiary/aromatic N) is 3. The summed E-state index contributed by atoms with van der Waals surface area (Å²) in [6.07, 6.45) is 3.16. The molecule has 0 aliphatic heterocycles. The minimum atomic E-state index is -0.419. The number of carbonyl (C=O) groups is 1. The topological polar surface area (TPSA) is 46.1 Å². The van der Waals surface area contributed by atoms with Gasteiger partial charge in [-0.25, -0.2) is 14.9 Å². The van der Waals surface area contributed by atoms with Crippen molar-refractivity contribution in [3.05, 3.63) is 48.8 Å². The van der Waals surface area contributed by atoms with Crippen molar-refractivity contribution in [1.82, 2.24) is 9.97 Å². The lowest BCUT2D eigenvalue weighted by Crippen LogP contribution is -2.21. The fourth-order valence-electron chi connectivity index (χ4n) is 1.30. The van der Waals surface area contributed by atoms with Crippen LogP contribution in [-0.4, -0.2) is 15.2 Å². The van der Waals surface area contributed by atoms with E-state index in [1.807, 2.05) is 18.2 Å². The highest BCUT2D eigenvalue weighted by molar-refractivity contribution is 7.97. The van der Waals surface area contributed by atoms with Crippen molar-refractivity contribution < 1.29 is 4.79 Å². The molecule has 0 spiro atoms. The Bertz CT molecular complexity index is 436. The van der Waals surface area contributed by atoms with Gasteiger partial charge in [0.2, 0.25) is 5.95 Å². The molecule has 0 aliphatic carbocycles. The number of para-hydroxylation sites is 1. The fraction of sp³-hybridized carbons (Fsp3) is 0. The van der Waals surface area contributed by atoms with Crippen LogP contribution in [0.3, 0.4) is 0 Å². The molecule has 4 nitrogen and oxygen atoms in total. The lowest BCUT2D eigenvalue weighted by molar-refractivity contribution is 0.267. The summed E-state index contributed by atoms with van der Waals surface area (Å²) in [5.41, 5.74) is 0.689. The summed E-state index contributed by atoms with van der Waals surface area (Å²) in [7, 11) is 0. The molecule has 0 unspecified atom stereocenters. The van der Waals surface area contributed by atoms with Gasteiger partial charge >= 0.3 is 0 Å². The molecule has 0 atom stereocenters. The lowest BCUT2D eigenvalue weighted by Gasteiger charge is -2.17. The van der Waals surface area contributed by atoms with E-state index in [0.29, 0.717) is 11.6 Å². The Kier molecular flexibility index (Phi) is 3.16. The molecule has 80 valence electrons. The number of hydrogen-bond donors (Lipinski definition) is 1. The zero-order chi connectivity index (χ0) is 11.4. The SMILES string of the molecule is O=C(S)N(c1ccccc1)c1ncccn1. The highest BCUT2D eigenvalue weighted by atomic mass is 32.1. The van der Waals surface area contributed by atoms with Crippen molar-refractivity contribution in [3.8, 4) is 0 Å². The van der Waals surface area contributed by atoms with Crippen LogP contribution in [0.25, 0.3) is 0 Å². The molecule has 0 saturated carbocycles. The summed E-state index contributed by atoms with van der Waals surface area (Å²) in [6, 6.07) is 10.8. The monoisotopic (exact) mass is 231 g/mol. The average molecular weight is 231 g/mol. The first-order valence-corrected chi connectivity index (χ1v) is 5.09. The molecule has 0 bridgehead atoms. The van der Waals surface area contributed by atoms with Crippen molar-refractivity contribution in [2.75, 3.05) is 4.90 Å². The molecule has 5 heteroatoms. The van der Waals surface area contributed by atoms with Crippen LogP contribution in [0.5, 0.6) is 0 Å². The van der Waals surface area contributed by atoms with Crippen molar-refractivity contribution in [2.45, 2.75) is 0 Å². The van der Waals surface area contributed by atoms with Crippen LogP contribution >= 0.6 is 12.6 Å². The molecule has 1 aromatic heterocycles. The third-order valence-electron chi connectivity index (χ3n) is 1.96. The molecule has 1 amide bonds. The number of thiol groups is 1. The van der Waals surface area contributed by atoms with Crippen LogP contribution in [0.4, 0.5) is 16.4 Å². The molecular formula is C11H9N3OS. The van der Waals surface area contributed by atoms with Crippen molar-refractivity contribution in [1.29, 1.82) is 0 Å². The van der Waals surface area contributed by atoms with Gasteiger partial charge in [-0.2, -0.15) is 0 Å². The highest BCUT2D eigenvalue weighted by Gasteiger charge is 2.16. The molecule has 16 heavy (non-hydrogen) atoms. The van der Waals surface area contributed by atoms with Gasteiger partial charge in [-0.15, -0.1) is 0 Å². The zero-order valence-electron chi connectivity index (χ0n) is 8.32. The summed E-state index contributed by atoms with van der Waals surface area (Å²) in [5.74, 6) is 0.314. The van der Waals surface area contributed by atoms with E-state index in [0.717, 1.165) is 0 Å². The Labute approximate surface area is 98.4 Å². The number of carbonyl (C=O) groups excluding carboxylic acids is 1. The zero-order valence-corrected chi connectivity index (χ0v) is 9.21. The Morgan fingerprint density at radius 2 is 1.69 bits per heavy atom. The van der Waals surface area contributed by atoms with Crippen LogP contribution in [0.2, 0.25) is 0 Å². The van der Waals surface area contributed by atoms with Crippen LogP contribution in [-0.2, 0) is 0 Å². The molecule has 0 radical (unpaired) electrons. The second-order valence-electron chi connectivity index (χ2n) is 3.00. The number of benzene rings is 1. The van der Waals surface area contributed by atoms with E-state index in [1.54, 1.807) is 30.6 Å². The summed E-state index contributed by atoms with van der Waals surface area (Å²) in [6.45, 7) is 0. The minimum absolute atomic E-state index is 0.314. The quantitative estimate of drug-likeness (QED) is 0.808. The molecule has 2 aromatic rings. The van der Waals surface area contributed by atoms with Gasteiger partial charge in [-0.05, 0) is 18.2 Å². The molecule has 2 rings (SSSR count). The van der Waals surface area contributed by atoms with Crippen LogP contribution in [0.15, 0.2) is 48.8 Å². The van der Waals surface area contributed by atoms with Gasteiger partial charge in [0.05, 0.1) is 5.69 Å². The van der Waals surface area contributed by atoms with Gasteiger partial charge in [0, 0.05) is 12.4 Å². The molecule has 1 aromatic carbocycles. The van der Waals surface area contributed by atoms with Gasteiger partial charge in [-0.3, -0.25) is 4.79 Å². The van der Waals surface area contributed by atoms with Gasteiger partial charge in [0.1, 0.15) is 0 Å². The molecule has 0 fully saturated rings. The van der Waals surface area contributed by atoms with Crippen molar-refractivity contribution in [3.63, 3.8) is 0 Å². The molecule has 0 saturated heterocycles. The molecular weight excluding hydrogens is 222 g/mol. The van der Waals surface area contributed by atoms with E-state index in [4.69, 9.17) is 0 Å². The van der Waals surface area contributed by atoms with Gasteiger partial charge in [-0.1, -0.05) is 30.8 Å². The van der Waals surface area contributed by atoms with E-state index in [9.17, 15) is 4.79 Å². The Hall–Kier alpha value is -1.88. The highest BCUT2D eigenvalue weighted by Crippen LogP contribution is 2.22. The fourth-order valence-corrected chi connectivity index (χ4v) is 1.50. The third kappa shape index (κ3) is 2.20. The maximum absolute atomic E-state index is 11.5. The van der Waals surface area contributed by atoms with Gasteiger partial charge in [0.25, 0.3) is 5.24 Å². The first-order valence-electron chi connectivity index (χ1n) is 4.64. The second kappa shape index (κ2) is 4.76. The smallest absolute Gasteiger partial charge is 0.261 e. The summed E-state index contributed by atoms with van der Waals surface area (Å²) < 4.78 is 0. The maximum Gasteiger partial charge on any atom is 0.289 e. The first-order chi connectivity index (χ1) is 7.79. The van der Waals surface area contributed by atoms with Crippen molar-refractivity contribution >= 4 is 29.5 Å². The van der Waals surface area contributed by atoms with Gasteiger partial charge < -0.3 is 0 Å². The van der Waals surface area contributed by atoms with Crippen molar-refractivity contribution in [2.24, 2.45) is 0 Å². The normalized spacial score (nSPS) is 9.81. The Balaban J connectivity index is 2.44. The summed E-state index contributed by atoms with van der Waals surface area (Å²) >= 11 is 3.82. The standard InChI is InChI=1S/C11H9N3OS/c15-11(16)14(9-5-2-1-3-6-9)10-12-7-4-8-13-10/h1-8H,(H,15,16). The molecule has 0 aliphatic rings. The van der Waals surface area contributed by atoms with E-state index >= 15 is 0 Å². The Morgan fingerprint density at radius 3 is 2.25 bits per heavy atom. The predicted molar refractivity (Wildman–Crippen MR) is 65.0 cm³/mol. The molecule has 0 N–H and O–H groups in total. The summed E-state index contributed by atoms with van der Waals surface area (Å²) in [4.78, 5) is 20.8. The first kappa shape index (κ1) is 10.6. The van der Waals surface area contributed by atoms with Crippen LogP contribution < -0.4 is 4.90 Å². The second-order valence-corrected chi connectivity index (χ2v) is 3.38. The summed E-state index contributed by atoms with van der Waals surface area (Å²) in [5, 5.41) is -0.419. The maximum atomic E-state index is 11.5. The van der Waals surface area contributed by atoms with E-state index < -0.39 is 5.24 Å². The average Bonchev–Trinajstić information content (AvgIpc) is 2.31. The minimum Gasteiger partial charge on any atom is -0.261 e. The van der Waals surface area contributed by atoms with Crippen LogP contribution in [0, 0.1) is 0 Å². The third-order valence-corrected chi connectivity index (χ3v) is 2.16.